The maximum atomic E-state index is 11.5. The fourth-order valence-corrected chi connectivity index (χ4v) is 2.28. The first-order chi connectivity index (χ1) is 8.84. The molecule has 0 saturated carbocycles. The van der Waals surface area contributed by atoms with E-state index in [-0.39, 0.29) is 5.91 Å². The third-order valence-corrected chi connectivity index (χ3v) is 3.28. The van der Waals surface area contributed by atoms with Crippen LogP contribution in [0, 0.1) is 0 Å². The monoisotopic (exact) mass is 264 g/mol. The summed E-state index contributed by atoms with van der Waals surface area (Å²) in [5, 5.41) is 3.55. The number of aliphatic imine (C=N–C) groups is 1. The van der Waals surface area contributed by atoms with Crippen molar-refractivity contribution in [3.05, 3.63) is 30.3 Å². The molecular weight excluding hydrogens is 248 g/mol. The minimum absolute atomic E-state index is 0.0137. The number of thioether (sulfide) groups is 1. The molecular formula is C13H16N2O2S. The lowest BCUT2D eigenvalue weighted by Crippen LogP contribution is -2.27. The first kappa shape index (κ1) is 13.0. The summed E-state index contributed by atoms with van der Waals surface area (Å²) in [5.74, 6) is 1.82. The molecule has 96 valence electrons. The van der Waals surface area contributed by atoms with Gasteiger partial charge in [0.25, 0.3) is 0 Å². The predicted molar refractivity (Wildman–Crippen MR) is 74.1 cm³/mol. The molecule has 2 rings (SSSR count). The van der Waals surface area contributed by atoms with Gasteiger partial charge in [-0.1, -0.05) is 30.0 Å². The van der Waals surface area contributed by atoms with Crippen molar-refractivity contribution in [3.63, 3.8) is 0 Å². The minimum atomic E-state index is 0.0137. The number of amidine groups is 1. The summed E-state index contributed by atoms with van der Waals surface area (Å²) < 4.78 is 5.51. The van der Waals surface area contributed by atoms with Gasteiger partial charge in [0.2, 0.25) is 5.91 Å². The summed E-state index contributed by atoms with van der Waals surface area (Å²) in [6.45, 7) is 1.36. The first-order valence-electron chi connectivity index (χ1n) is 5.99. The SMILES string of the molecule is O=C(CCCOc1ccccc1)NC1=NCCS1. The van der Waals surface area contributed by atoms with Crippen LogP contribution in [0.4, 0.5) is 0 Å². The zero-order chi connectivity index (χ0) is 12.6. The molecule has 4 nitrogen and oxygen atoms in total. The Morgan fingerprint density at radius 3 is 2.94 bits per heavy atom. The van der Waals surface area contributed by atoms with Gasteiger partial charge in [0.05, 0.1) is 13.2 Å². The molecule has 1 heterocycles. The normalized spacial score (nSPS) is 14.1. The van der Waals surface area contributed by atoms with Crippen molar-refractivity contribution in [2.75, 3.05) is 18.9 Å². The van der Waals surface area contributed by atoms with Crippen molar-refractivity contribution in [3.8, 4) is 5.75 Å². The highest BCUT2D eigenvalue weighted by atomic mass is 32.2. The first-order valence-corrected chi connectivity index (χ1v) is 6.98. The van der Waals surface area contributed by atoms with Gasteiger partial charge in [-0.15, -0.1) is 0 Å². The van der Waals surface area contributed by atoms with Crippen LogP contribution in [-0.4, -0.2) is 30.0 Å². The summed E-state index contributed by atoms with van der Waals surface area (Å²) in [6.07, 6.45) is 1.17. The third-order valence-electron chi connectivity index (χ3n) is 2.39. The Bertz CT molecular complexity index is 420. The Labute approximate surface area is 111 Å². The largest absolute Gasteiger partial charge is 0.494 e. The lowest BCUT2D eigenvalue weighted by atomic mass is 10.3. The Morgan fingerprint density at radius 2 is 2.22 bits per heavy atom. The number of nitrogens with zero attached hydrogens (tertiary/aromatic N) is 1. The van der Waals surface area contributed by atoms with Gasteiger partial charge in [0, 0.05) is 12.2 Å². The summed E-state index contributed by atoms with van der Waals surface area (Å²) in [7, 11) is 0. The second-order valence-electron chi connectivity index (χ2n) is 3.85. The fourth-order valence-electron chi connectivity index (χ4n) is 1.53. The van der Waals surface area contributed by atoms with Crippen LogP contribution in [0.15, 0.2) is 35.3 Å². The van der Waals surface area contributed by atoms with Crippen LogP contribution in [0.1, 0.15) is 12.8 Å². The standard InChI is InChI=1S/C13H16N2O2S/c16-12(15-13-14-8-10-18-13)7-4-9-17-11-5-2-1-3-6-11/h1-3,5-6H,4,7-10H2,(H,14,15,16). The van der Waals surface area contributed by atoms with Crippen molar-refractivity contribution in [1.29, 1.82) is 0 Å². The number of rotatable bonds is 5. The molecule has 18 heavy (non-hydrogen) atoms. The molecule has 0 radical (unpaired) electrons. The van der Waals surface area contributed by atoms with E-state index in [0.717, 1.165) is 23.2 Å². The smallest absolute Gasteiger partial charge is 0.226 e. The molecule has 0 aromatic heterocycles. The van der Waals surface area contributed by atoms with Gasteiger partial charge >= 0.3 is 0 Å². The van der Waals surface area contributed by atoms with Gasteiger partial charge in [0.1, 0.15) is 5.75 Å². The van der Waals surface area contributed by atoms with Crippen LogP contribution in [0.25, 0.3) is 0 Å². The van der Waals surface area contributed by atoms with Crippen LogP contribution in [0.5, 0.6) is 5.75 Å². The summed E-state index contributed by atoms with van der Waals surface area (Å²) in [4.78, 5) is 15.7. The van der Waals surface area contributed by atoms with E-state index in [9.17, 15) is 4.79 Å². The van der Waals surface area contributed by atoms with E-state index in [0.29, 0.717) is 19.4 Å². The summed E-state index contributed by atoms with van der Waals surface area (Å²) in [6, 6.07) is 9.61. The second kappa shape index (κ2) is 7.06. The van der Waals surface area contributed by atoms with Crippen molar-refractivity contribution in [2.45, 2.75) is 12.8 Å². The maximum absolute atomic E-state index is 11.5. The van der Waals surface area contributed by atoms with Gasteiger partial charge in [-0.2, -0.15) is 0 Å². The molecule has 1 amide bonds. The van der Waals surface area contributed by atoms with E-state index in [1.165, 1.54) is 0 Å². The van der Waals surface area contributed by atoms with E-state index in [2.05, 4.69) is 10.3 Å². The quantitative estimate of drug-likeness (QED) is 0.828. The van der Waals surface area contributed by atoms with Crippen molar-refractivity contribution in [1.82, 2.24) is 5.32 Å². The molecule has 1 aliphatic heterocycles. The Balaban J connectivity index is 1.59. The lowest BCUT2D eigenvalue weighted by molar-refractivity contribution is -0.119. The van der Waals surface area contributed by atoms with E-state index >= 15 is 0 Å². The van der Waals surface area contributed by atoms with E-state index in [1.54, 1.807) is 11.8 Å². The number of nitrogens with one attached hydrogen (secondary N) is 1. The predicted octanol–water partition coefficient (Wildman–Crippen LogP) is 2.06. The number of carbonyl (C=O) groups is 1. The molecule has 1 aromatic carbocycles. The van der Waals surface area contributed by atoms with E-state index < -0.39 is 0 Å². The van der Waals surface area contributed by atoms with Gasteiger partial charge in [-0.05, 0) is 18.6 Å². The van der Waals surface area contributed by atoms with Crippen LogP contribution < -0.4 is 10.1 Å². The molecule has 0 bridgehead atoms. The Morgan fingerprint density at radius 1 is 1.39 bits per heavy atom. The maximum Gasteiger partial charge on any atom is 0.226 e. The Hall–Kier alpha value is -1.49. The van der Waals surface area contributed by atoms with E-state index in [1.807, 2.05) is 30.3 Å². The summed E-state index contributed by atoms with van der Waals surface area (Å²) >= 11 is 1.59. The van der Waals surface area contributed by atoms with Gasteiger partial charge < -0.3 is 10.1 Å². The number of amides is 1. The van der Waals surface area contributed by atoms with Crippen LogP contribution in [-0.2, 0) is 4.79 Å². The van der Waals surface area contributed by atoms with Crippen LogP contribution in [0.2, 0.25) is 0 Å². The summed E-state index contributed by atoms with van der Waals surface area (Å²) in [5.41, 5.74) is 0. The Kier molecular flexibility index (Phi) is 5.08. The lowest BCUT2D eigenvalue weighted by Gasteiger charge is -2.06. The fraction of sp³-hybridized carbons (Fsp3) is 0.385. The molecule has 0 spiro atoms. The van der Waals surface area contributed by atoms with Crippen LogP contribution >= 0.6 is 11.8 Å². The number of para-hydroxylation sites is 1. The average molecular weight is 264 g/mol. The topological polar surface area (TPSA) is 50.7 Å². The average Bonchev–Trinajstić information content (AvgIpc) is 2.89. The number of ether oxygens (including phenoxy) is 1. The highest BCUT2D eigenvalue weighted by Crippen LogP contribution is 2.10. The van der Waals surface area contributed by atoms with Gasteiger partial charge in [-0.3, -0.25) is 9.79 Å². The molecule has 1 N–H and O–H groups in total. The van der Waals surface area contributed by atoms with Crippen molar-refractivity contribution >= 4 is 22.8 Å². The van der Waals surface area contributed by atoms with Crippen LogP contribution in [0.3, 0.4) is 0 Å². The molecule has 0 aliphatic carbocycles. The number of hydrogen-bond donors (Lipinski definition) is 1. The second-order valence-corrected chi connectivity index (χ2v) is 4.93. The molecule has 0 atom stereocenters. The molecule has 1 aliphatic rings. The zero-order valence-corrected chi connectivity index (χ0v) is 10.9. The number of carbonyl (C=O) groups excluding carboxylic acids is 1. The number of hydrogen-bond acceptors (Lipinski definition) is 4. The van der Waals surface area contributed by atoms with Crippen molar-refractivity contribution in [2.24, 2.45) is 4.99 Å². The van der Waals surface area contributed by atoms with Crippen molar-refractivity contribution < 1.29 is 9.53 Å². The molecule has 1 aromatic rings. The molecule has 5 heteroatoms. The molecule has 0 unspecified atom stereocenters. The van der Waals surface area contributed by atoms with Gasteiger partial charge in [0.15, 0.2) is 5.17 Å². The van der Waals surface area contributed by atoms with Gasteiger partial charge in [-0.25, -0.2) is 0 Å². The highest BCUT2D eigenvalue weighted by molar-refractivity contribution is 8.14. The zero-order valence-electron chi connectivity index (χ0n) is 10.1. The third kappa shape index (κ3) is 4.41. The molecule has 0 saturated heterocycles. The minimum Gasteiger partial charge on any atom is -0.494 e. The highest BCUT2D eigenvalue weighted by Gasteiger charge is 2.10. The number of benzene rings is 1. The molecule has 0 fully saturated rings. The van der Waals surface area contributed by atoms with E-state index in [4.69, 9.17) is 4.74 Å².